The lowest BCUT2D eigenvalue weighted by atomic mass is 10.0. The van der Waals surface area contributed by atoms with E-state index in [2.05, 4.69) is 50.2 Å². The molecule has 48 heavy (non-hydrogen) atoms. The van der Waals surface area contributed by atoms with E-state index >= 15 is 0 Å². The zero-order chi connectivity index (χ0) is 32.8. The molecule has 9 heteroatoms. The van der Waals surface area contributed by atoms with Crippen molar-refractivity contribution in [2.24, 2.45) is 24.8 Å². The van der Waals surface area contributed by atoms with Crippen molar-refractivity contribution in [3.05, 3.63) is 82.1 Å². The van der Waals surface area contributed by atoms with Gasteiger partial charge >= 0.3 is 0 Å². The molecule has 2 saturated carbocycles. The maximum atomic E-state index is 13.8. The second-order valence-electron chi connectivity index (χ2n) is 14.0. The summed E-state index contributed by atoms with van der Waals surface area (Å²) < 4.78 is 10.4. The third-order valence-electron chi connectivity index (χ3n) is 11.3. The predicted molar refractivity (Wildman–Crippen MR) is 186 cm³/mol. The summed E-state index contributed by atoms with van der Waals surface area (Å²) in [7, 11) is 3.67. The topological polar surface area (TPSA) is 109 Å². The number of amides is 1. The number of rotatable bonds is 6. The number of aromatic amines is 1. The zero-order valence-corrected chi connectivity index (χ0v) is 27.3. The van der Waals surface area contributed by atoms with Gasteiger partial charge in [0.1, 0.15) is 22.9 Å². The Bertz CT molecular complexity index is 2420. The lowest BCUT2D eigenvalue weighted by molar-refractivity contribution is 0.0696. The number of nitriles is 1. The van der Waals surface area contributed by atoms with Crippen molar-refractivity contribution in [3.8, 4) is 34.5 Å². The Kier molecular flexibility index (Phi) is 6.35. The van der Waals surface area contributed by atoms with Crippen LogP contribution in [0.1, 0.15) is 48.5 Å². The van der Waals surface area contributed by atoms with Crippen LogP contribution in [0.5, 0.6) is 5.75 Å². The van der Waals surface area contributed by atoms with E-state index in [4.69, 9.17) is 9.72 Å². The van der Waals surface area contributed by atoms with Crippen molar-refractivity contribution in [2.75, 3.05) is 13.7 Å². The molecule has 3 aliphatic rings. The van der Waals surface area contributed by atoms with Gasteiger partial charge in [0.05, 0.1) is 18.3 Å². The molecule has 1 saturated heterocycles. The highest BCUT2D eigenvalue weighted by molar-refractivity contribution is 6.01. The summed E-state index contributed by atoms with van der Waals surface area (Å²) in [5.74, 6) is 3.29. The summed E-state index contributed by atoms with van der Waals surface area (Å²) in [5.41, 5.74) is 6.80. The number of methoxy groups -OCH3 is 1. The molecule has 2 aliphatic carbocycles. The predicted octanol–water partition coefficient (Wildman–Crippen LogP) is 6.86. The van der Waals surface area contributed by atoms with E-state index in [0.717, 1.165) is 64.1 Å². The zero-order valence-electron chi connectivity index (χ0n) is 27.3. The molecular formula is C39H36N6O3. The third kappa shape index (κ3) is 4.32. The highest BCUT2D eigenvalue weighted by Gasteiger charge is 2.46. The monoisotopic (exact) mass is 636 g/mol. The van der Waals surface area contributed by atoms with Crippen molar-refractivity contribution >= 4 is 38.7 Å². The van der Waals surface area contributed by atoms with Gasteiger partial charge in [-0.15, -0.1) is 0 Å². The summed E-state index contributed by atoms with van der Waals surface area (Å²) in [6.07, 6.45) is 6.16. The minimum Gasteiger partial charge on any atom is -0.494 e. The third-order valence-corrected chi connectivity index (χ3v) is 11.3. The molecular weight excluding hydrogens is 600 g/mol. The number of ether oxygens (including phenoxy) is 1. The number of carbonyl (C=O) groups is 1. The fourth-order valence-electron chi connectivity index (χ4n) is 8.38. The lowest BCUT2D eigenvalue weighted by Gasteiger charge is -2.27. The molecule has 0 spiro atoms. The molecule has 3 atom stereocenters. The fraction of sp³-hybridized carbons (Fsp3) is 0.333. The molecule has 2 bridgehead atoms. The van der Waals surface area contributed by atoms with Crippen molar-refractivity contribution in [1.29, 1.82) is 5.26 Å². The second-order valence-corrected chi connectivity index (χ2v) is 14.0. The van der Waals surface area contributed by atoms with E-state index in [9.17, 15) is 14.9 Å². The highest BCUT2D eigenvalue weighted by Crippen LogP contribution is 2.44. The molecule has 1 N–H and O–H groups in total. The molecule has 0 radical (unpaired) electrons. The van der Waals surface area contributed by atoms with Gasteiger partial charge in [0.25, 0.3) is 5.91 Å². The van der Waals surface area contributed by atoms with E-state index < -0.39 is 0 Å². The van der Waals surface area contributed by atoms with Crippen LogP contribution in [0.2, 0.25) is 0 Å². The molecule has 1 aliphatic heterocycles. The standard InChI is InChI=1S/C39H36N6O3/c1-21-26-9-11-32(21)45(20-26)39(47)27-13-31-36(35(16-27)48-3)43(2)38(42-31)34-15-25-7-6-24(14-33(25)44(34)19-22-4-5-22)23-8-10-30-29(12-23)37(46)28(17-40)18-41-30/h6-8,10,12-16,18,21-22,26,32H,4-5,9,11,19-20H2,1-3H3,(H,41,46)/t21-,26?,32?/m1/s1. The summed E-state index contributed by atoms with van der Waals surface area (Å²) in [6.45, 7) is 3.99. The van der Waals surface area contributed by atoms with Crippen LogP contribution in [0.15, 0.2) is 65.6 Å². The van der Waals surface area contributed by atoms with E-state index in [-0.39, 0.29) is 16.9 Å². The van der Waals surface area contributed by atoms with Crippen LogP contribution in [-0.4, -0.2) is 49.6 Å². The molecule has 9 nitrogen and oxygen atoms in total. The van der Waals surface area contributed by atoms with Crippen molar-refractivity contribution in [3.63, 3.8) is 0 Å². The van der Waals surface area contributed by atoms with Crippen LogP contribution < -0.4 is 10.2 Å². The molecule has 1 amide bonds. The Morgan fingerprint density at radius 3 is 2.60 bits per heavy atom. The quantitative estimate of drug-likeness (QED) is 0.215. The van der Waals surface area contributed by atoms with Crippen LogP contribution in [0, 0.1) is 29.1 Å². The fourth-order valence-corrected chi connectivity index (χ4v) is 8.38. The van der Waals surface area contributed by atoms with E-state index in [1.165, 1.54) is 25.5 Å². The van der Waals surface area contributed by atoms with Crippen LogP contribution >= 0.6 is 0 Å². The summed E-state index contributed by atoms with van der Waals surface area (Å²) in [4.78, 5) is 37.1. The van der Waals surface area contributed by atoms with E-state index in [1.54, 1.807) is 7.11 Å². The Balaban J connectivity index is 1.16. The van der Waals surface area contributed by atoms with Gasteiger partial charge < -0.3 is 23.8 Å². The van der Waals surface area contributed by atoms with Gasteiger partial charge in [-0.25, -0.2) is 4.98 Å². The van der Waals surface area contributed by atoms with Crippen molar-refractivity contribution < 1.29 is 9.53 Å². The number of nitrogens with zero attached hydrogens (tertiary/aromatic N) is 5. The van der Waals surface area contributed by atoms with Crippen molar-refractivity contribution in [1.82, 2.24) is 24.0 Å². The largest absolute Gasteiger partial charge is 0.494 e. The first kappa shape index (κ1) is 28.8. The van der Waals surface area contributed by atoms with Gasteiger partial charge in [-0.05, 0) is 91.0 Å². The number of benzene rings is 3. The molecule has 6 aromatic rings. The number of fused-ring (bicyclic) bond motifs is 5. The number of aryl methyl sites for hydroxylation is 1. The number of imidazole rings is 1. The Hall–Kier alpha value is -5.36. The first-order chi connectivity index (χ1) is 23.3. The second kappa shape index (κ2) is 10.6. The lowest BCUT2D eigenvalue weighted by Crippen LogP contribution is -2.38. The number of likely N-dealkylation sites (tertiary alicyclic amines) is 1. The van der Waals surface area contributed by atoms with Crippen LogP contribution in [0.25, 0.3) is 55.5 Å². The van der Waals surface area contributed by atoms with Gasteiger partial charge in [0, 0.05) is 59.7 Å². The average molecular weight is 637 g/mol. The molecule has 9 rings (SSSR count). The maximum Gasteiger partial charge on any atom is 0.254 e. The molecule has 240 valence electrons. The number of piperidine rings is 1. The minimum atomic E-state index is -0.266. The number of aromatic nitrogens is 4. The number of pyridine rings is 1. The molecule has 3 fully saturated rings. The number of carbonyl (C=O) groups excluding carboxylic acids is 1. The summed E-state index contributed by atoms with van der Waals surface area (Å²) >= 11 is 0. The number of H-pyrrole nitrogens is 1. The Morgan fingerprint density at radius 1 is 1.06 bits per heavy atom. The smallest absolute Gasteiger partial charge is 0.254 e. The SMILES string of the molecule is COc1cc(C(=O)N2CC3CCC2[C@@H]3C)cc2nc(-c3cc4ccc(-c5ccc6[nH]cc(C#N)c(=O)c6c5)cc4n3CC3CC3)n(C)c12. The van der Waals surface area contributed by atoms with Gasteiger partial charge in [0.15, 0.2) is 5.82 Å². The molecule has 4 heterocycles. The van der Waals surface area contributed by atoms with E-state index in [1.807, 2.05) is 43.4 Å². The molecule has 3 aromatic carbocycles. The number of hydrogen-bond acceptors (Lipinski definition) is 5. The van der Waals surface area contributed by atoms with Crippen LogP contribution in [0.3, 0.4) is 0 Å². The molecule has 2 unspecified atom stereocenters. The van der Waals surface area contributed by atoms with Crippen molar-refractivity contribution in [2.45, 2.75) is 45.2 Å². The number of nitrogens with one attached hydrogen (secondary N) is 1. The highest BCUT2D eigenvalue weighted by atomic mass is 16.5. The van der Waals surface area contributed by atoms with Gasteiger partial charge in [-0.3, -0.25) is 9.59 Å². The average Bonchev–Trinajstić information content (AvgIpc) is 3.51. The van der Waals surface area contributed by atoms with Gasteiger partial charge in [-0.1, -0.05) is 25.1 Å². The summed E-state index contributed by atoms with van der Waals surface area (Å²) in [5, 5.41) is 11.0. The summed E-state index contributed by atoms with van der Waals surface area (Å²) in [6, 6.07) is 20.5. The normalized spacial score (nSPS) is 20.3. The first-order valence-corrected chi connectivity index (χ1v) is 16.9. The Labute approximate surface area is 277 Å². The van der Waals surface area contributed by atoms with Gasteiger partial charge in [0.2, 0.25) is 5.43 Å². The van der Waals surface area contributed by atoms with Crippen LogP contribution in [-0.2, 0) is 13.6 Å². The molecule has 3 aromatic heterocycles. The Morgan fingerprint density at radius 2 is 1.88 bits per heavy atom. The van der Waals surface area contributed by atoms with Crippen LogP contribution in [0.4, 0.5) is 0 Å². The maximum absolute atomic E-state index is 13.8. The minimum absolute atomic E-state index is 0.0661. The van der Waals surface area contributed by atoms with Gasteiger partial charge in [-0.2, -0.15) is 5.26 Å². The number of hydrogen-bond donors (Lipinski definition) is 1. The van der Waals surface area contributed by atoms with E-state index in [0.29, 0.717) is 46.0 Å². The first-order valence-electron chi connectivity index (χ1n) is 16.9.